The SMILES string of the molecule is CCc1occc1C(NC)c1cncc(C)c1. The smallest absolute Gasteiger partial charge is 0.108 e. The second-order valence-electron chi connectivity index (χ2n) is 4.17. The van der Waals surface area contributed by atoms with Crippen LogP contribution in [0.2, 0.25) is 0 Å². The molecule has 0 amide bonds. The Morgan fingerprint density at radius 1 is 1.41 bits per heavy atom. The van der Waals surface area contributed by atoms with E-state index in [9.17, 15) is 0 Å². The van der Waals surface area contributed by atoms with Crippen molar-refractivity contribution in [1.82, 2.24) is 10.3 Å². The van der Waals surface area contributed by atoms with Crippen LogP contribution in [-0.4, -0.2) is 12.0 Å². The molecule has 2 aromatic rings. The molecule has 1 unspecified atom stereocenters. The largest absolute Gasteiger partial charge is 0.469 e. The monoisotopic (exact) mass is 230 g/mol. The minimum absolute atomic E-state index is 0.149. The van der Waals surface area contributed by atoms with E-state index in [0.29, 0.717) is 0 Å². The van der Waals surface area contributed by atoms with Crippen molar-refractivity contribution in [2.24, 2.45) is 0 Å². The van der Waals surface area contributed by atoms with Crippen molar-refractivity contribution in [1.29, 1.82) is 0 Å². The summed E-state index contributed by atoms with van der Waals surface area (Å²) >= 11 is 0. The molecule has 0 spiro atoms. The Bertz CT molecular complexity index is 490. The fourth-order valence-corrected chi connectivity index (χ4v) is 2.13. The van der Waals surface area contributed by atoms with Crippen molar-refractivity contribution < 1.29 is 4.42 Å². The van der Waals surface area contributed by atoms with Gasteiger partial charge < -0.3 is 9.73 Å². The van der Waals surface area contributed by atoms with Crippen molar-refractivity contribution in [3.8, 4) is 0 Å². The van der Waals surface area contributed by atoms with Crippen molar-refractivity contribution in [3.05, 3.63) is 53.2 Å². The number of hydrogen-bond donors (Lipinski definition) is 1. The van der Waals surface area contributed by atoms with Crippen LogP contribution in [0.1, 0.15) is 35.4 Å². The highest BCUT2D eigenvalue weighted by atomic mass is 16.3. The number of nitrogens with one attached hydrogen (secondary N) is 1. The maximum Gasteiger partial charge on any atom is 0.108 e. The summed E-state index contributed by atoms with van der Waals surface area (Å²) in [4.78, 5) is 4.25. The molecule has 0 aliphatic rings. The zero-order chi connectivity index (χ0) is 12.3. The van der Waals surface area contributed by atoms with Gasteiger partial charge in [-0.15, -0.1) is 0 Å². The van der Waals surface area contributed by atoms with Crippen LogP contribution >= 0.6 is 0 Å². The number of rotatable bonds is 4. The molecule has 3 heteroatoms. The van der Waals surface area contributed by atoms with Gasteiger partial charge in [0, 0.05) is 24.4 Å². The van der Waals surface area contributed by atoms with Crippen LogP contribution in [0.15, 0.2) is 35.2 Å². The molecule has 0 bridgehead atoms. The maximum atomic E-state index is 5.49. The van der Waals surface area contributed by atoms with E-state index >= 15 is 0 Å². The van der Waals surface area contributed by atoms with E-state index in [2.05, 4.69) is 30.2 Å². The Morgan fingerprint density at radius 3 is 2.88 bits per heavy atom. The third kappa shape index (κ3) is 2.39. The summed E-state index contributed by atoms with van der Waals surface area (Å²) in [5.74, 6) is 1.03. The van der Waals surface area contributed by atoms with Crippen molar-refractivity contribution in [2.75, 3.05) is 7.05 Å². The molecule has 1 atom stereocenters. The lowest BCUT2D eigenvalue weighted by Crippen LogP contribution is -2.18. The van der Waals surface area contributed by atoms with Crippen LogP contribution in [-0.2, 0) is 6.42 Å². The highest BCUT2D eigenvalue weighted by molar-refractivity contribution is 5.33. The Kier molecular flexibility index (Phi) is 3.59. The molecular weight excluding hydrogens is 212 g/mol. The van der Waals surface area contributed by atoms with Gasteiger partial charge in [-0.25, -0.2) is 0 Å². The molecule has 90 valence electrons. The van der Waals surface area contributed by atoms with Crippen LogP contribution < -0.4 is 5.32 Å². The number of pyridine rings is 1. The van der Waals surface area contributed by atoms with Crippen LogP contribution in [0, 0.1) is 6.92 Å². The van der Waals surface area contributed by atoms with Gasteiger partial charge in [0.05, 0.1) is 12.3 Å². The zero-order valence-corrected chi connectivity index (χ0v) is 10.5. The Balaban J connectivity index is 2.40. The standard InChI is InChI=1S/C14H18N2O/c1-4-13-12(5-6-17-13)14(15-3)11-7-10(2)8-16-9-11/h5-9,14-15H,4H2,1-3H3. The second kappa shape index (κ2) is 5.15. The molecule has 2 rings (SSSR count). The molecule has 2 aromatic heterocycles. The van der Waals surface area contributed by atoms with Crippen LogP contribution in [0.5, 0.6) is 0 Å². The maximum absolute atomic E-state index is 5.49. The lowest BCUT2D eigenvalue weighted by atomic mass is 9.99. The first-order valence-electron chi connectivity index (χ1n) is 5.91. The number of nitrogens with zero attached hydrogens (tertiary/aromatic N) is 1. The summed E-state index contributed by atoms with van der Waals surface area (Å²) in [5.41, 5.74) is 3.54. The number of hydrogen-bond acceptors (Lipinski definition) is 3. The summed E-state index contributed by atoms with van der Waals surface area (Å²) < 4.78 is 5.49. The lowest BCUT2D eigenvalue weighted by Gasteiger charge is -2.16. The van der Waals surface area contributed by atoms with E-state index in [1.807, 2.05) is 25.5 Å². The fourth-order valence-electron chi connectivity index (χ4n) is 2.13. The van der Waals surface area contributed by atoms with E-state index in [1.165, 1.54) is 16.7 Å². The minimum atomic E-state index is 0.149. The summed E-state index contributed by atoms with van der Waals surface area (Å²) in [6, 6.07) is 4.33. The lowest BCUT2D eigenvalue weighted by molar-refractivity contribution is 0.504. The van der Waals surface area contributed by atoms with Gasteiger partial charge in [0.25, 0.3) is 0 Å². The number of aryl methyl sites for hydroxylation is 2. The van der Waals surface area contributed by atoms with Gasteiger partial charge in [-0.1, -0.05) is 13.0 Å². The molecular formula is C14H18N2O. The predicted octanol–water partition coefficient (Wildman–Crippen LogP) is 2.85. The zero-order valence-electron chi connectivity index (χ0n) is 10.5. The molecule has 1 N–H and O–H groups in total. The van der Waals surface area contributed by atoms with Gasteiger partial charge in [-0.05, 0) is 31.2 Å². The van der Waals surface area contributed by atoms with Crippen molar-refractivity contribution in [3.63, 3.8) is 0 Å². The highest BCUT2D eigenvalue weighted by Crippen LogP contribution is 2.26. The first kappa shape index (κ1) is 11.9. The molecule has 17 heavy (non-hydrogen) atoms. The molecule has 3 nitrogen and oxygen atoms in total. The average Bonchev–Trinajstić information content (AvgIpc) is 2.78. The minimum Gasteiger partial charge on any atom is -0.469 e. The second-order valence-corrected chi connectivity index (χ2v) is 4.17. The topological polar surface area (TPSA) is 38.1 Å². The van der Waals surface area contributed by atoms with Gasteiger partial charge >= 0.3 is 0 Å². The van der Waals surface area contributed by atoms with Gasteiger partial charge in [-0.2, -0.15) is 0 Å². The van der Waals surface area contributed by atoms with Gasteiger partial charge in [0.1, 0.15) is 5.76 Å². The van der Waals surface area contributed by atoms with Gasteiger partial charge in [-0.3, -0.25) is 4.98 Å². The van der Waals surface area contributed by atoms with E-state index < -0.39 is 0 Å². The van der Waals surface area contributed by atoms with Crippen LogP contribution in [0.25, 0.3) is 0 Å². The highest BCUT2D eigenvalue weighted by Gasteiger charge is 2.17. The summed E-state index contributed by atoms with van der Waals surface area (Å²) in [6.45, 7) is 4.16. The van der Waals surface area contributed by atoms with E-state index in [0.717, 1.165) is 12.2 Å². The summed E-state index contributed by atoms with van der Waals surface area (Å²) in [7, 11) is 1.96. The average molecular weight is 230 g/mol. The third-order valence-corrected chi connectivity index (χ3v) is 2.93. The van der Waals surface area contributed by atoms with E-state index in [-0.39, 0.29) is 6.04 Å². The predicted molar refractivity (Wildman–Crippen MR) is 68.0 cm³/mol. The molecule has 0 aliphatic carbocycles. The molecule has 0 aliphatic heterocycles. The normalized spacial score (nSPS) is 12.6. The van der Waals surface area contributed by atoms with Gasteiger partial charge in [0.2, 0.25) is 0 Å². The first-order valence-corrected chi connectivity index (χ1v) is 5.91. The third-order valence-electron chi connectivity index (χ3n) is 2.93. The Labute approximate surface area is 102 Å². The molecule has 0 radical (unpaired) electrons. The van der Waals surface area contributed by atoms with Crippen molar-refractivity contribution >= 4 is 0 Å². The van der Waals surface area contributed by atoms with Crippen LogP contribution in [0.4, 0.5) is 0 Å². The quantitative estimate of drug-likeness (QED) is 0.877. The Hall–Kier alpha value is -1.61. The first-order chi connectivity index (χ1) is 8.26. The Morgan fingerprint density at radius 2 is 2.24 bits per heavy atom. The molecule has 0 saturated heterocycles. The van der Waals surface area contributed by atoms with Crippen LogP contribution in [0.3, 0.4) is 0 Å². The number of aromatic nitrogens is 1. The fraction of sp³-hybridized carbons (Fsp3) is 0.357. The van der Waals surface area contributed by atoms with E-state index in [1.54, 1.807) is 6.26 Å². The molecule has 0 fully saturated rings. The van der Waals surface area contributed by atoms with Gasteiger partial charge in [0.15, 0.2) is 0 Å². The molecule has 2 heterocycles. The molecule has 0 aromatic carbocycles. The van der Waals surface area contributed by atoms with E-state index in [4.69, 9.17) is 4.42 Å². The number of furan rings is 1. The summed E-state index contributed by atoms with van der Waals surface area (Å²) in [5, 5.41) is 3.32. The summed E-state index contributed by atoms with van der Waals surface area (Å²) in [6.07, 6.45) is 6.43. The van der Waals surface area contributed by atoms with Crippen molar-refractivity contribution in [2.45, 2.75) is 26.3 Å². The molecule has 0 saturated carbocycles.